The molecule has 2 nitrogen and oxygen atoms in total. The third-order valence-electron chi connectivity index (χ3n) is 3.72. The maximum absolute atomic E-state index is 11.9. The molecule has 1 saturated carbocycles. The van der Waals surface area contributed by atoms with E-state index < -0.39 is 0 Å². The molecule has 1 amide bonds. The molecule has 3 rings (SSSR count). The molecule has 0 unspecified atom stereocenters. The number of anilines is 1. The zero-order chi connectivity index (χ0) is 10.3. The van der Waals surface area contributed by atoms with Gasteiger partial charge in [-0.3, -0.25) is 4.79 Å². The molecular formula is C13H15NO. The Morgan fingerprint density at radius 1 is 1.07 bits per heavy atom. The molecule has 0 radical (unpaired) electrons. The Morgan fingerprint density at radius 3 is 2.67 bits per heavy atom. The minimum atomic E-state index is 0.230. The molecule has 1 aliphatic heterocycles. The highest BCUT2D eigenvalue weighted by atomic mass is 16.2. The highest BCUT2D eigenvalue weighted by molar-refractivity contribution is 5.96. The van der Waals surface area contributed by atoms with Gasteiger partial charge in [0.15, 0.2) is 0 Å². The van der Waals surface area contributed by atoms with E-state index >= 15 is 0 Å². The Kier molecular flexibility index (Phi) is 2.01. The minimum Gasteiger partial charge on any atom is -0.326 e. The van der Waals surface area contributed by atoms with E-state index in [-0.39, 0.29) is 11.8 Å². The lowest BCUT2D eigenvalue weighted by Crippen LogP contribution is -2.35. The lowest BCUT2D eigenvalue weighted by molar-refractivity contribution is -0.121. The zero-order valence-electron chi connectivity index (χ0n) is 8.70. The quantitative estimate of drug-likeness (QED) is 0.687. The van der Waals surface area contributed by atoms with Gasteiger partial charge >= 0.3 is 0 Å². The summed E-state index contributed by atoms with van der Waals surface area (Å²) >= 11 is 0. The number of fused-ring (bicyclic) bond motifs is 3. The average molecular weight is 201 g/mol. The van der Waals surface area contributed by atoms with Crippen molar-refractivity contribution in [2.24, 2.45) is 5.92 Å². The van der Waals surface area contributed by atoms with Crippen LogP contribution in [0.3, 0.4) is 0 Å². The van der Waals surface area contributed by atoms with Crippen LogP contribution < -0.4 is 5.32 Å². The SMILES string of the molecule is O=C1Nc2ccccc2[C@H]2CCCC[C@H]12. The summed E-state index contributed by atoms with van der Waals surface area (Å²) in [6.07, 6.45) is 4.71. The van der Waals surface area contributed by atoms with Gasteiger partial charge in [0.1, 0.15) is 0 Å². The summed E-state index contributed by atoms with van der Waals surface area (Å²) in [5.41, 5.74) is 2.38. The predicted octanol–water partition coefficient (Wildman–Crippen LogP) is 2.91. The van der Waals surface area contributed by atoms with Crippen LogP contribution in [0.1, 0.15) is 37.2 Å². The number of rotatable bonds is 0. The maximum Gasteiger partial charge on any atom is 0.228 e. The number of hydrogen-bond donors (Lipinski definition) is 1. The van der Waals surface area contributed by atoms with E-state index in [0.29, 0.717) is 5.92 Å². The van der Waals surface area contributed by atoms with Gasteiger partial charge in [0, 0.05) is 11.6 Å². The van der Waals surface area contributed by atoms with Crippen molar-refractivity contribution in [2.45, 2.75) is 31.6 Å². The third-order valence-corrected chi connectivity index (χ3v) is 3.72. The van der Waals surface area contributed by atoms with Gasteiger partial charge in [0.25, 0.3) is 0 Å². The first-order chi connectivity index (χ1) is 7.36. The Bertz CT molecular complexity index is 399. The van der Waals surface area contributed by atoms with Crippen molar-refractivity contribution < 1.29 is 4.79 Å². The molecule has 2 heteroatoms. The molecule has 1 aromatic carbocycles. The lowest BCUT2D eigenvalue weighted by atomic mass is 9.72. The van der Waals surface area contributed by atoms with E-state index in [9.17, 15) is 4.79 Å². The summed E-state index contributed by atoms with van der Waals surface area (Å²) < 4.78 is 0. The number of carbonyl (C=O) groups excluding carboxylic acids is 1. The average Bonchev–Trinajstić information content (AvgIpc) is 2.30. The molecule has 2 aliphatic rings. The van der Waals surface area contributed by atoms with Crippen LogP contribution in [0, 0.1) is 5.92 Å². The third kappa shape index (κ3) is 1.36. The predicted molar refractivity (Wildman–Crippen MR) is 59.8 cm³/mol. The minimum absolute atomic E-state index is 0.230. The molecule has 0 spiro atoms. The van der Waals surface area contributed by atoms with Crippen LogP contribution in [0.2, 0.25) is 0 Å². The monoisotopic (exact) mass is 201 g/mol. The number of amides is 1. The van der Waals surface area contributed by atoms with Gasteiger partial charge in [0.2, 0.25) is 5.91 Å². The lowest BCUT2D eigenvalue weighted by Gasteiger charge is -2.36. The summed E-state index contributed by atoms with van der Waals surface area (Å²) in [6, 6.07) is 8.24. The Hall–Kier alpha value is -1.31. The second-order valence-electron chi connectivity index (χ2n) is 4.57. The maximum atomic E-state index is 11.9. The molecular weight excluding hydrogens is 186 g/mol. The van der Waals surface area contributed by atoms with E-state index in [2.05, 4.69) is 17.4 Å². The van der Waals surface area contributed by atoms with Crippen LogP contribution in [0.25, 0.3) is 0 Å². The normalized spacial score (nSPS) is 28.9. The molecule has 0 bridgehead atoms. The molecule has 0 aromatic heterocycles. The van der Waals surface area contributed by atoms with Crippen LogP contribution in [0.4, 0.5) is 5.69 Å². The fourth-order valence-corrected chi connectivity index (χ4v) is 2.98. The van der Waals surface area contributed by atoms with Crippen molar-refractivity contribution in [1.29, 1.82) is 0 Å². The van der Waals surface area contributed by atoms with E-state index in [1.807, 2.05) is 12.1 Å². The molecule has 0 saturated heterocycles. The van der Waals surface area contributed by atoms with Gasteiger partial charge in [0.05, 0.1) is 0 Å². The number of benzene rings is 1. The van der Waals surface area contributed by atoms with Gasteiger partial charge in [-0.25, -0.2) is 0 Å². The van der Waals surface area contributed by atoms with Crippen LogP contribution in [0.15, 0.2) is 24.3 Å². The summed E-state index contributed by atoms with van der Waals surface area (Å²) in [7, 11) is 0. The van der Waals surface area contributed by atoms with E-state index in [1.165, 1.54) is 24.8 Å². The van der Waals surface area contributed by atoms with Crippen LogP contribution in [-0.2, 0) is 4.79 Å². The Balaban J connectivity index is 2.06. The first-order valence-corrected chi connectivity index (χ1v) is 5.76. The van der Waals surface area contributed by atoms with E-state index in [1.54, 1.807) is 0 Å². The van der Waals surface area contributed by atoms with Crippen molar-refractivity contribution >= 4 is 11.6 Å². The van der Waals surface area contributed by atoms with Crippen molar-refractivity contribution in [3.63, 3.8) is 0 Å². The summed E-state index contributed by atoms with van der Waals surface area (Å²) in [4.78, 5) is 11.9. The molecule has 1 fully saturated rings. The van der Waals surface area contributed by atoms with Gasteiger partial charge in [-0.2, -0.15) is 0 Å². The van der Waals surface area contributed by atoms with Crippen molar-refractivity contribution in [1.82, 2.24) is 0 Å². The van der Waals surface area contributed by atoms with Gasteiger partial charge in [-0.05, 0) is 30.4 Å². The largest absolute Gasteiger partial charge is 0.326 e. The summed E-state index contributed by atoms with van der Waals surface area (Å²) in [5, 5.41) is 3.02. The van der Waals surface area contributed by atoms with Gasteiger partial charge in [-0.1, -0.05) is 31.0 Å². The molecule has 78 valence electrons. The molecule has 15 heavy (non-hydrogen) atoms. The first-order valence-electron chi connectivity index (χ1n) is 5.76. The Labute approximate surface area is 89.7 Å². The summed E-state index contributed by atoms with van der Waals surface area (Å²) in [5.74, 6) is 0.941. The number of para-hydroxylation sites is 1. The number of hydrogen-bond acceptors (Lipinski definition) is 1. The zero-order valence-corrected chi connectivity index (χ0v) is 8.70. The second-order valence-corrected chi connectivity index (χ2v) is 4.57. The molecule has 1 aliphatic carbocycles. The van der Waals surface area contributed by atoms with Crippen LogP contribution >= 0.6 is 0 Å². The Morgan fingerprint density at radius 2 is 1.80 bits per heavy atom. The van der Waals surface area contributed by atoms with E-state index in [4.69, 9.17) is 0 Å². The molecule has 1 heterocycles. The van der Waals surface area contributed by atoms with Crippen molar-refractivity contribution in [3.05, 3.63) is 29.8 Å². The highest BCUT2D eigenvalue weighted by Crippen LogP contribution is 2.44. The molecule has 1 aromatic rings. The fraction of sp³-hybridized carbons (Fsp3) is 0.462. The number of carbonyl (C=O) groups is 1. The van der Waals surface area contributed by atoms with Gasteiger partial charge in [-0.15, -0.1) is 0 Å². The number of nitrogens with one attached hydrogen (secondary N) is 1. The highest BCUT2D eigenvalue weighted by Gasteiger charge is 2.36. The van der Waals surface area contributed by atoms with Crippen LogP contribution in [-0.4, -0.2) is 5.91 Å². The van der Waals surface area contributed by atoms with Crippen molar-refractivity contribution in [2.75, 3.05) is 5.32 Å². The molecule has 2 atom stereocenters. The second kappa shape index (κ2) is 3.37. The fourth-order valence-electron chi connectivity index (χ4n) is 2.98. The van der Waals surface area contributed by atoms with Crippen LogP contribution in [0.5, 0.6) is 0 Å². The topological polar surface area (TPSA) is 29.1 Å². The van der Waals surface area contributed by atoms with Gasteiger partial charge < -0.3 is 5.32 Å². The van der Waals surface area contributed by atoms with Crippen molar-refractivity contribution in [3.8, 4) is 0 Å². The van der Waals surface area contributed by atoms with E-state index in [0.717, 1.165) is 12.1 Å². The standard InChI is InChI=1S/C13H15NO/c15-13-11-7-2-1-5-9(11)10-6-3-4-8-12(10)14-13/h3-4,6,8-9,11H,1-2,5,7H2,(H,14,15)/t9-,11+/m1/s1. The summed E-state index contributed by atoms with van der Waals surface area (Å²) in [6.45, 7) is 0. The first kappa shape index (κ1) is 8.96. The molecule has 1 N–H and O–H groups in total. The smallest absolute Gasteiger partial charge is 0.228 e.